The smallest absolute Gasteiger partial charge is 0.341 e. The van der Waals surface area contributed by atoms with Gasteiger partial charge >= 0.3 is 5.76 Å². The molecule has 0 aliphatic carbocycles. The predicted molar refractivity (Wildman–Crippen MR) is 73.7 cm³/mol. The average Bonchev–Trinajstić information content (AvgIpc) is 2.39. The highest BCUT2D eigenvalue weighted by atomic mass is 32.2. The van der Waals surface area contributed by atoms with Crippen LogP contribution in [0, 0.1) is 0 Å². The van der Waals surface area contributed by atoms with Gasteiger partial charge in [-0.15, -0.1) is 0 Å². The van der Waals surface area contributed by atoms with Crippen LogP contribution >= 0.6 is 0 Å². The third-order valence-electron chi connectivity index (χ3n) is 3.31. The number of anilines is 1. The van der Waals surface area contributed by atoms with E-state index in [4.69, 9.17) is 5.11 Å². The fourth-order valence-corrected chi connectivity index (χ4v) is 2.47. The lowest BCUT2D eigenvalue weighted by Crippen LogP contribution is -2.34. The number of aliphatic hydroxyl groups excluding tert-OH is 1. The Morgan fingerprint density at radius 3 is 2.25 bits per heavy atom. The molecule has 4 nitrogen and oxygen atoms in total. The number of sulfone groups is 1. The van der Waals surface area contributed by atoms with Crippen molar-refractivity contribution < 1.29 is 22.3 Å². The third-order valence-corrected chi connectivity index (χ3v) is 4.71. The van der Waals surface area contributed by atoms with Crippen LogP contribution in [-0.4, -0.2) is 31.4 Å². The summed E-state index contributed by atoms with van der Waals surface area (Å²) >= 11 is 0. The number of halogens is 2. The number of hydrogen-bond donors (Lipinski definition) is 2. The number of nitrogens with one attached hydrogen (secondary N) is 1. The van der Waals surface area contributed by atoms with Gasteiger partial charge in [0.25, 0.3) is 0 Å². The van der Waals surface area contributed by atoms with Crippen LogP contribution in [0.25, 0.3) is 0 Å². The maximum atomic E-state index is 12.4. The van der Waals surface area contributed by atoms with Gasteiger partial charge in [0, 0.05) is 17.8 Å². The Bertz CT molecular complexity index is 531. The van der Waals surface area contributed by atoms with E-state index in [1.165, 1.54) is 12.1 Å². The van der Waals surface area contributed by atoms with E-state index in [0.717, 1.165) is 18.6 Å². The first kappa shape index (κ1) is 16.8. The van der Waals surface area contributed by atoms with Gasteiger partial charge in [-0.1, -0.05) is 6.92 Å². The lowest BCUT2D eigenvalue weighted by atomic mass is 9.94. The molecular weight excluding hydrogens is 288 g/mol. The normalized spacial score (nSPS) is 15.1. The van der Waals surface area contributed by atoms with E-state index >= 15 is 0 Å². The Kier molecular flexibility index (Phi) is 5.47. The van der Waals surface area contributed by atoms with Gasteiger partial charge in [0.05, 0.1) is 4.90 Å². The lowest BCUT2D eigenvalue weighted by Gasteiger charge is -2.30. The van der Waals surface area contributed by atoms with E-state index < -0.39 is 20.5 Å². The molecule has 0 radical (unpaired) electrons. The molecule has 0 amide bonds. The van der Waals surface area contributed by atoms with E-state index in [0.29, 0.717) is 12.1 Å². The SMILES string of the molecule is CCC(C)(CCO)Nc1ccc(S(=O)(=O)C(F)F)cc1. The van der Waals surface area contributed by atoms with Crippen LogP contribution in [0.4, 0.5) is 14.5 Å². The molecule has 114 valence electrons. The molecule has 0 fully saturated rings. The van der Waals surface area contributed by atoms with E-state index in [2.05, 4.69) is 5.32 Å². The molecule has 1 unspecified atom stereocenters. The monoisotopic (exact) mass is 307 g/mol. The molecule has 1 rings (SSSR count). The number of hydrogen-bond acceptors (Lipinski definition) is 4. The summed E-state index contributed by atoms with van der Waals surface area (Å²) in [7, 11) is -4.55. The Morgan fingerprint density at radius 2 is 1.85 bits per heavy atom. The molecule has 0 aliphatic heterocycles. The summed E-state index contributed by atoms with van der Waals surface area (Å²) in [4.78, 5) is -0.404. The zero-order valence-corrected chi connectivity index (χ0v) is 12.3. The number of aliphatic hydroxyl groups is 1. The minimum atomic E-state index is -4.55. The van der Waals surface area contributed by atoms with Crippen molar-refractivity contribution in [2.45, 2.75) is 42.9 Å². The minimum Gasteiger partial charge on any atom is -0.396 e. The highest BCUT2D eigenvalue weighted by molar-refractivity contribution is 7.91. The van der Waals surface area contributed by atoms with Crippen molar-refractivity contribution in [3.8, 4) is 0 Å². The van der Waals surface area contributed by atoms with Gasteiger partial charge in [0.15, 0.2) is 0 Å². The molecule has 1 atom stereocenters. The summed E-state index contributed by atoms with van der Waals surface area (Å²) in [6, 6.07) is 5.19. The van der Waals surface area contributed by atoms with Crippen molar-refractivity contribution in [3.63, 3.8) is 0 Å². The van der Waals surface area contributed by atoms with E-state index in [-0.39, 0.29) is 12.1 Å². The van der Waals surface area contributed by atoms with Gasteiger partial charge in [-0.3, -0.25) is 0 Å². The van der Waals surface area contributed by atoms with E-state index in [1.54, 1.807) is 0 Å². The van der Waals surface area contributed by atoms with Gasteiger partial charge in [0.1, 0.15) is 0 Å². The largest absolute Gasteiger partial charge is 0.396 e. The van der Waals surface area contributed by atoms with Crippen molar-refractivity contribution in [1.29, 1.82) is 0 Å². The van der Waals surface area contributed by atoms with E-state index in [1.807, 2.05) is 13.8 Å². The lowest BCUT2D eigenvalue weighted by molar-refractivity contribution is 0.234. The Hall–Kier alpha value is -1.21. The molecule has 1 aromatic carbocycles. The molecule has 0 aromatic heterocycles. The molecule has 0 aliphatic rings. The van der Waals surface area contributed by atoms with Crippen LogP contribution in [-0.2, 0) is 9.84 Å². The fraction of sp³-hybridized carbons (Fsp3) is 0.538. The fourth-order valence-electron chi connectivity index (χ4n) is 1.75. The molecule has 0 spiro atoms. The van der Waals surface area contributed by atoms with Crippen LogP contribution in [0.1, 0.15) is 26.7 Å². The summed E-state index contributed by atoms with van der Waals surface area (Å²) in [5.74, 6) is -3.42. The Balaban J connectivity index is 2.93. The number of rotatable bonds is 7. The van der Waals surface area contributed by atoms with E-state index in [9.17, 15) is 17.2 Å². The first-order valence-electron chi connectivity index (χ1n) is 6.26. The van der Waals surface area contributed by atoms with Crippen LogP contribution in [0.5, 0.6) is 0 Å². The van der Waals surface area contributed by atoms with Crippen LogP contribution < -0.4 is 5.32 Å². The molecule has 0 saturated carbocycles. The summed E-state index contributed by atoms with van der Waals surface area (Å²) < 4.78 is 47.4. The summed E-state index contributed by atoms with van der Waals surface area (Å²) in [6.45, 7) is 3.90. The standard InChI is InChI=1S/C13H19F2NO3S/c1-3-13(2,8-9-17)16-10-4-6-11(7-5-10)20(18,19)12(14)15/h4-7,12,16-17H,3,8-9H2,1-2H3. The van der Waals surface area contributed by atoms with Crippen LogP contribution in [0.15, 0.2) is 29.2 Å². The van der Waals surface area contributed by atoms with Gasteiger partial charge in [0.2, 0.25) is 9.84 Å². The first-order valence-corrected chi connectivity index (χ1v) is 7.81. The molecule has 7 heteroatoms. The number of benzene rings is 1. The average molecular weight is 307 g/mol. The quantitative estimate of drug-likeness (QED) is 0.813. The molecule has 0 heterocycles. The Labute approximate surface area is 117 Å². The summed E-state index contributed by atoms with van der Waals surface area (Å²) in [5.41, 5.74) is 0.286. The van der Waals surface area contributed by atoms with Crippen LogP contribution in [0.3, 0.4) is 0 Å². The van der Waals surface area contributed by atoms with Crippen molar-refractivity contribution >= 4 is 15.5 Å². The van der Waals surface area contributed by atoms with Crippen molar-refractivity contribution in [2.75, 3.05) is 11.9 Å². The molecule has 1 aromatic rings. The van der Waals surface area contributed by atoms with Crippen molar-refractivity contribution in [3.05, 3.63) is 24.3 Å². The topological polar surface area (TPSA) is 66.4 Å². The second-order valence-corrected chi connectivity index (χ2v) is 6.76. The summed E-state index contributed by atoms with van der Waals surface area (Å²) in [5, 5.41) is 12.2. The second-order valence-electron chi connectivity index (χ2n) is 4.84. The Morgan fingerprint density at radius 1 is 1.30 bits per heavy atom. The van der Waals surface area contributed by atoms with Crippen molar-refractivity contribution in [1.82, 2.24) is 0 Å². The van der Waals surface area contributed by atoms with Gasteiger partial charge in [-0.2, -0.15) is 8.78 Å². The summed E-state index contributed by atoms with van der Waals surface area (Å²) in [6.07, 6.45) is 1.28. The second kappa shape index (κ2) is 6.49. The van der Waals surface area contributed by atoms with Crippen LogP contribution in [0.2, 0.25) is 0 Å². The van der Waals surface area contributed by atoms with Gasteiger partial charge in [-0.05, 0) is 44.0 Å². The molecule has 0 saturated heterocycles. The molecular formula is C13H19F2NO3S. The maximum absolute atomic E-state index is 12.4. The zero-order chi connectivity index (χ0) is 15.4. The minimum absolute atomic E-state index is 0.0230. The number of alkyl halides is 2. The van der Waals surface area contributed by atoms with Gasteiger partial charge < -0.3 is 10.4 Å². The molecule has 2 N–H and O–H groups in total. The highest BCUT2D eigenvalue weighted by Crippen LogP contribution is 2.24. The van der Waals surface area contributed by atoms with Crippen molar-refractivity contribution in [2.24, 2.45) is 0 Å². The van der Waals surface area contributed by atoms with Gasteiger partial charge in [-0.25, -0.2) is 8.42 Å². The molecule has 0 bridgehead atoms. The zero-order valence-electron chi connectivity index (χ0n) is 11.4. The third kappa shape index (κ3) is 3.89. The molecule has 20 heavy (non-hydrogen) atoms. The predicted octanol–water partition coefficient (Wildman–Crippen LogP) is 2.65. The highest BCUT2D eigenvalue weighted by Gasteiger charge is 2.26. The maximum Gasteiger partial charge on any atom is 0.341 e. The first-order chi connectivity index (χ1) is 9.25.